The Labute approximate surface area is 188 Å². The number of rotatable bonds is 8. The van der Waals surface area contributed by atoms with E-state index >= 15 is 0 Å². The first kappa shape index (κ1) is 22.8. The number of amides is 1. The first-order valence-corrected chi connectivity index (χ1v) is 11.8. The van der Waals surface area contributed by atoms with E-state index < -0.39 is 16.1 Å². The van der Waals surface area contributed by atoms with Crippen molar-refractivity contribution in [1.29, 1.82) is 0 Å². The summed E-state index contributed by atoms with van der Waals surface area (Å²) < 4.78 is 36.0. The number of halogens is 1. The van der Waals surface area contributed by atoms with Gasteiger partial charge < -0.3 is 14.6 Å². The second kappa shape index (κ2) is 9.48. The molecule has 0 fully saturated rings. The van der Waals surface area contributed by atoms with Crippen LogP contribution in [0.15, 0.2) is 57.5 Å². The van der Waals surface area contributed by atoms with E-state index in [9.17, 15) is 13.2 Å². The molecule has 0 radical (unpaired) electrons. The fourth-order valence-electron chi connectivity index (χ4n) is 2.56. The summed E-state index contributed by atoms with van der Waals surface area (Å²) in [6, 6.07) is 13.9. The van der Waals surface area contributed by atoms with Gasteiger partial charge in [0.1, 0.15) is 5.75 Å². The van der Waals surface area contributed by atoms with Gasteiger partial charge in [-0.1, -0.05) is 33.2 Å². The Bertz CT molecular complexity index is 1160. The van der Waals surface area contributed by atoms with Gasteiger partial charge in [-0.2, -0.15) is 4.98 Å². The van der Waals surface area contributed by atoms with Crippen molar-refractivity contribution in [3.63, 3.8) is 0 Å². The summed E-state index contributed by atoms with van der Waals surface area (Å²) in [7, 11) is -1.89. The van der Waals surface area contributed by atoms with Crippen LogP contribution in [0.2, 0.25) is 0 Å². The topological polar surface area (TPSA) is 115 Å². The number of carbonyl (C=O) groups excluding carboxylic acids is 1. The van der Waals surface area contributed by atoms with E-state index in [1.54, 1.807) is 31.2 Å². The summed E-state index contributed by atoms with van der Waals surface area (Å²) in [6.45, 7) is 1.66. The number of ether oxygens (including phenoxy) is 1. The van der Waals surface area contributed by atoms with Crippen molar-refractivity contribution < 1.29 is 22.5 Å². The van der Waals surface area contributed by atoms with Crippen molar-refractivity contribution in [3.05, 3.63) is 58.9 Å². The van der Waals surface area contributed by atoms with Gasteiger partial charge in [-0.05, 0) is 43.3 Å². The number of hydrogen-bond acceptors (Lipinski definition) is 7. The maximum Gasteiger partial charge on any atom is 0.261 e. The quantitative estimate of drug-likeness (QED) is 0.497. The predicted octanol–water partition coefficient (Wildman–Crippen LogP) is 2.98. The monoisotopic (exact) mass is 508 g/mol. The minimum absolute atomic E-state index is 0.0611. The highest BCUT2D eigenvalue weighted by Crippen LogP contribution is 2.22. The number of nitrogens with zero attached hydrogens (tertiary/aromatic N) is 3. The SMILES string of the molecule is C[C@@H](Oc1ccc(N(C)S(C)(=O)=O)cc1)C(=O)NCc1nc(-c2cccc(Br)c2)no1. The maximum absolute atomic E-state index is 12.3. The molecule has 1 aromatic heterocycles. The number of aromatic nitrogens is 2. The van der Waals surface area contributed by atoms with E-state index in [1.807, 2.05) is 24.3 Å². The van der Waals surface area contributed by atoms with Crippen LogP contribution < -0.4 is 14.4 Å². The molecule has 11 heteroatoms. The van der Waals surface area contributed by atoms with Crippen LogP contribution in [0.4, 0.5) is 5.69 Å². The molecule has 9 nitrogen and oxygen atoms in total. The van der Waals surface area contributed by atoms with E-state index in [0.29, 0.717) is 17.3 Å². The molecule has 1 N–H and O–H groups in total. The minimum atomic E-state index is -3.35. The Morgan fingerprint density at radius 1 is 1.26 bits per heavy atom. The lowest BCUT2D eigenvalue weighted by molar-refractivity contribution is -0.127. The summed E-state index contributed by atoms with van der Waals surface area (Å²) in [5.41, 5.74) is 1.28. The summed E-state index contributed by atoms with van der Waals surface area (Å²) >= 11 is 3.39. The zero-order valence-electron chi connectivity index (χ0n) is 17.1. The number of sulfonamides is 1. The summed E-state index contributed by atoms with van der Waals surface area (Å²) in [5, 5.41) is 6.61. The average molecular weight is 509 g/mol. The van der Waals surface area contributed by atoms with E-state index in [4.69, 9.17) is 9.26 Å². The van der Waals surface area contributed by atoms with E-state index in [-0.39, 0.29) is 18.3 Å². The van der Waals surface area contributed by atoms with Gasteiger partial charge in [0, 0.05) is 17.1 Å². The number of hydrogen-bond donors (Lipinski definition) is 1. The maximum atomic E-state index is 12.3. The van der Waals surface area contributed by atoms with Crippen molar-refractivity contribution in [2.75, 3.05) is 17.6 Å². The molecule has 0 aliphatic heterocycles. The lowest BCUT2D eigenvalue weighted by Crippen LogP contribution is -2.36. The summed E-state index contributed by atoms with van der Waals surface area (Å²) in [6.07, 6.45) is 0.334. The molecule has 1 amide bonds. The van der Waals surface area contributed by atoms with Crippen molar-refractivity contribution in [3.8, 4) is 17.1 Å². The molecule has 31 heavy (non-hydrogen) atoms. The van der Waals surface area contributed by atoms with Gasteiger partial charge in [0.25, 0.3) is 5.91 Å². The van der Waals surface area contributed by atoms with Gasteiger partial charge in [-0.3, -0.25) is 9.10 Å². The third kappa shape index (κ3) is 6.05. The Morgan fingerprint density at radius 3 is 2.61 bits per heavy atom. The predicted molar refractivity (Wildman–Crippen MR) is 119 cm³/mol. The highest BCUT2D eigenvalue weighted by Gasteiger charge is 2.17. The normalized spacial score (nSPS) is 12.3. The third-order valence-corrected chi connectivity index (χ3v) is 6.04. The molecule has 0 aliphatic carbocycles. The van der Waals surface area contributed by atoms with Crippen LogP contribution in [0.25, 0.3) is 11.4 Å². The zero-order valence-corrected chi connectivity index (χ0v) is 19.5. The van der Waals surface area contributed by atoms with Gasteiger partial charge in [-0.25, -0.2) is 8.42 Å². The van der Waals surface area contributed by atoms with Crippen molar-refractivity contribution >= 4 is 37.5 Å². The smallest absolute Gasteiger partial charge is 0.261 e. The minimum Gasteiger partial charge on any atom is -0.481 e. The Hall–Kier alpha value is -2.92. The van der Waals surface area contributed by atoms with Gasteiger partial charge in [-0.15, -0.1) is 0 Å². The second-order valence-electron chi connectivity index (χ2n) is 6.72. The van der Waals surface area contributed by atoms with Crippen LogP contribution in [-0.2, 0) is 21.4 Å². The van der Waals surface area contributed by atoms with Crippen LogP contribution in [0, 0.1) is 0 Å². The number of nitrogens with one attached hydrogen (secondary N) is 1. The fraction of sp³-hybridized carbons (Fsp3) is 0.250. The zero-order chi connectivity index (χ0) is 22.6. The molecule has 0 saturated heterocycles. The molecule has 0 aliphatic rings. The van der Waals surface area contributed by atoms with Crippen LogP contribution in [-0.4, -0.2) is 43.9 Å². The van der Waals surface area contributed by atoms with Crippen LogP contribution in [0.5, 0.6) is 5.75 Å². The third-order valence-electron chi connectivity index (χ3n) is 4.34. The van der Waals surface area contributed by atoms with Gasteiger partial charge in [0.05, 0.1) is 18.5 Å². The number of carbonyl (C=O) groups is 1. The molecule has 1 atom stereocenters. The Kier molecular flexibility index (Phi) is 6.96. The molecule has 3 aromatic rings. The highest BCUT2D eigenvalue weighted by molar-refractivity contribution is 9.10. The van der Waals surface area contributed by atoms with Gasteiger partial charge in [0.15, 0.2) is 6.10 Å². The lowest BCUT2D eigenvalue weighted by atomic mass is 10.2. The summed E-state index contributed by atoms with van der Waals surface area (Å²) in [5.74, 6) is 0.764. The van der Waals surface area contributed by atoms with Gasteiger partial charge in [0.2, 0.25) is 21.7 Å². The molecule has 3 rings (SSSR count). The van der Waals surface area contributed by atoms with Crippen molar-refractivity contribution in [2.45, 2.75) is 19.6 Å². The molecule has 0 unspecified atom stereocenters. The fourth-order valence-corrected chi connectivity index (χ4v) is 3.47. The molecular weight excluding hydrogens is 488 g/mol. The second-order valence-corrected chi connectivity index (χ2v) is 9.65. The van der Waals surface area contributed by atoms with Gasteiger partial charge >= 0.3 is 0 Å². The van der Waals surface area contributed by atoms with Crippen LogP contribution in [0.1, 0.15) is 12.8 Å². The van der Waals surface area contributed by atoms with E-state index in [0.717, 1.165) is 20.6 Å². The largest absolute Gasteiger partial charge is 0.481 e. The van der Waals surface area contributed by atoms with E-state index in [2.05, 4.69) is 31.4 Å². The highest BCUT2D eigenvalue weighted by atomic mass is 79.9. The van der Waals surface area contributed by atoms with Crippen molar-refractivity contribution in [1.82, 2.24) is 15.5 Å². The standard InChI is InChI=1S/C20H21BrN4O5S/c1-13(29-17-9-7-16(8-10-17)25(2)31(3,27)28)20(26)22-12-18-23-19(24-30-18)14-5-4-6-15(21)11-14/h4-11,13H,12H2,1-3H3,(H,22,26)/t13-/m1/s1. The van der Waals surface area contributed by atoms with Crippen LogP contribution in [0.3, 0.4) is 0 Å². The Balaban J connectivity index is 1.54. The lowest BCUT2D eigenvalue weighted by Gasteiger charge is -2.18. The molecule has 0 spiro atoms. The molecule has 2 aromatic carbocycles. The first-order valence-electron chi connectivity index (χ1n) is 9.20. The molecule has 0 saturated carbocycles. The molecule has 164 valence electrons. The number of anilines is 1. The Morgan fingerprint density at radius 2 is 1.97 bits per heavy atom. The molecular formula is C20H21BrN4O5S. The summed E-state index contributed by atoms with van der Waals surface area (Å²) in [4.78, 5) is 16.6. The first-order chi connectivity index (χ1) is 14.6. The van der Waals surface area contributed by atoms with Crippen molar-refractivity contribution in [2.24, 2.45) is 0 Å². The van der Waals surface area contributed by atoms with Crippen LogP contribution >= 0.6 is 15.9 Å². The average Bonchev–Trinajstić information content (AvgIpc) is 3.20. The molecule has 1 heterocycles. The number of benzene rings is 2. The molecule has 0 bridgehead atoms. The van der Waals surface area contributed by atoms with E-state index in [1.165, 1.54) is 7.05 Å².